The Labute approximate surface area is 116 Å². The fourth-order valence-electron chi connectivity index (χ4n) is 2.10. The maximum Gasteiger partial charge on any atom is 0.134 e. The monoisotopic (exact) mass is 274 g/mol. The topological polar surface area (TPSA) is 49.8 Å². The summed E-state index contributed by atoms with van der Waals surface area (Å²) in [5.74, 6) is -0.231. The molecule has 0 radical (unpaired) electrons. The normalized spacial score (nSPS) is 10.4. The predicted octanol–water partition coefficient (Wildman–Crippen LogP) is 4.27. The van der Waals surface area contributed by atoms with Gasteiger partial charge in [0.15, 0.2) is 0 Å². The number of halogens is 1. The van der Waals surface area contributed by atoms with Gasteiger partial charge in [0.2, 0.25) is 0 Å². The average Bonchev–Trinajstić information content (AvgIpc) is 2.71. The van der Waals surface area contributed by atoms with E-state index >= 15 is 0 Å². The zero-order valence-electron chi connectivity index (χ0n) is 11.0. The first-order valence-electron chi connectivity index (χ1n) is 6.16. The van der Waals surface area contributed by atoms with E-state index < -0.39 is 0 Å². The lowest BCUT2D eigenvalue weighted by Gasteiger charge is -2.07. The molecule has 1 aromatic carbocycles. The number of nitriles is 1. The van der Waals surface area contributed by atoms with Crippen molar-refractivity contribution in [3.63, 3.8) is 0 Å². The maximum atomic E-state index is 14.2. The molecule has 0 aliphatic carbocycles. The van der Waals surface area contributed by atoms with Crippen molar-refractivity contribution in [3.8, 4) is 16.5 Å². The van der Waals surface area contributed by atoms with E-state index in [0.717, 1.165) is 23.3 Å². The third-order valence-corrected chi connectivity index (χ3v) is 4.27. The quantitative estimate of drug-likeness (QED) is 0.908. The maximum absolute atomic E-state index is 14.2. The molecular formula is C15H15FN2S. The summed E-state index contributed by atoms with van der Waals surface area (Å²) in [7, 11) is 0. The van der Waals surface area contributed by atoms with Gasteiger partial charge in [-0.1, -0.05) is 31.5 Å². The van der Waals surface area contributed by atoms with Crippen molar-refractivity contribution in [3.05, 3.63) is 40.0 Å². The minimum atomic E-state index is -0.231. The number of hydrogen-bond donors (Lipinski definition) is 1. The van der Waals surface area contributed by atoms with Gasteiger partial charge in [-0.2, -0.15) is 5.26 Å². The number of nitrogens with zero attached hydrogens (tertiary/aromatic N) is 1. The van der Waals surface area contributed by atoms with E-state index in [2.05, 4.69) is 6.07 Å². The number of hydrogen-bond acceptors (Lipinski definition) is 3. The minimum absolute atomic E-state index is 0.231. The van der Waals surface area contributed by atoms with Crippen LogP contribution < -0.4 is 5.73 Å². The third-order valence-electron chi connectivity index (χ3n) is 3.09. The number of aryl methyl sites for hydroxylation is 1. The number of rotatable bonds is 3. The molecule has 98 valence electrons. The molecule has 0 aliphatic heterocycles. The van der Waals surface area contributed by atoms with Crippen LogP contribution in [0, 0.1) is 24.1 Å². The smallest absolute Gasteiger partial charge is 0.134 e. The molecule has 0 atom stereocenters. The predicted molar refractivity (Wildman–Crippen MR) is 77.6 cm³/mol. The standard InChI is InChI=1S/C15H15FN2S/c1-3-5-11-14(18)12(8-17)19-15(11)10-7-4-6-9(2)13(10)16/h4,6-7H,3,5,18H2,1-2H3. The summed E-state index contributed by atoms with van der Waals surface area (Å²) in [4.78, 5) is 1.26. The van der Waals surface area contributed by atoms with Crippen molar-refractivity contribution >= 4 is 17.0 Å². The van der Waals surface area contributed by atoms with Gasteiger partial charge in [0.1, 0.15) is 16.8 Å². The highest BCUT2D eigenvalue weighted by atomic mass is 32.1. The molecule has 0 unspecified atom stereocenters. The first kappa shape index (κ1) is 13.6. The van der Waals surface area contributed by atoms with Crippen molar-refractivity contribution in [2.75, 3.05) is 5.73 Å². The Morgan fingerprint density at radius 2 is 2.16 bits per heavy atom. The third kappa shape index (κ3) is 2.34. The van der Waals surface area contributed by atoms with Crippen molar-refractivity contribution in [2.45, 2.75) is 26.7 Å². The first-order valence-corrected chi connectivity index (χ1v) is 6.98. The van der Waals surface area contributed by atoms with Crippen LogP contribution in [0.2, 0.25) is 0 Å². The molecule has 0 saturated heterocycles. The van der Waals surface area contributed by atoms with E-state index in [-0.39, 0.29) is 5.82 Å². The van der Waals surface area contributed by atoms with E-state index in [0.29, 0.717) is 21.7 Å². The molecule has 0 saturated carbocycles. The van der Waals surface area contributed by atoms with Crippen LogP contribution in [-0.2, 0) is 6.42 Å². The summed E-state index contributed by atoms with van der Waals surface area (Å²) in [6, 6.07) is 7.39. The van der Waals surface area contributed by atoms with Crippen LogP contribution in [0.5, 0.6) is 0 Å². The van der Waals surface area contributed by atoms with Gasteiger partial charge in [-0.05, 0) is 24.5 Å². The van der Waals surface area contributed by atoms with Gasteiger partial charge in [-0.15, -0.1) is 11.3 Å². The van der Waals surface area contributed by atoms with Crippen molar-refractivity contribution in [2.24, 2.45) is 0 Å². The van der Waals surface area contributed by atoms with Crippen LogP contribution in [0.1, 0.15) is 29.3 Å². The van der Waals surface area contributed by atoms with Crippen LogP contribution >= 0.6 is 11.3 Å². The number of anilines is 1. The molecule has 19 heavy (non-hydrogen) atoms. The number of nitrogen functional groups attached to an aromatic ring is 1. The largest absolute Gasteiger partial charge is 0.397 e. The van der Waals surface area contributed by atoms with Gasteiger partial charge in [0.25, 0.3) is 0 Å². The molecule has 2 N–H and O–H groups in total. The summed E-state index contributed by atoms with van der Waals surface area (Å²) in [5.41, 5.74) is 8.54. The van der Waals surface area contributed by atoms with E-state index in [4.69, 9.17) is 11.0 Å². The second kappa shape index (κ2) is 5.41. The lowest BCUT2D eigenvalue weighted by Crippen LogP contribution is -1.94. The highest BCUT2D eigenvalue weighted by Gasteiger charge is 2.19. The van der Waals surface area contributed by atoms with Crippen molar-refractivity contribution < 1.29 is 4.39 Å². The molecule has 0 spiro atoms. The van der Waals surface area contributed by atoms with E-state index in [1.807, 2.05) is 13.0 Å². The second-order valence-corrected chi connectivity index (χ2v) is 5.47. The lowest BCUT2D eigenvalue weighted by atomic mass is 10.0. The fourth-order valence-corrected chi connectivity index (χ4v) is 3.19. The average molecular weight is 274 g/mol. The summed E-state index contributed by atoms with van der Waals surface area (Å²) in [6.45, 7) is 3.78. The van der Waals surface area contributed by atoms with Gasteiger partial charge in [-0.25, -0.2) is 4.39 Å². The van der Waals surface area contributed by atoms with Crippen molar-refractivity contribution in [1.82, 2.24) is 0 Å². The highest BCUT2D eigenvalue weighted by Crippen LogP contribution is 2.40. The van der Waals surface area contributed by atoms with Crippen molar-refractivity contribution in [1.29, 1.82) is 5.26 Å². The van der Waals surface area contributed by atoms with E-state index in [9.17, 15) is 4.39 Å². The number of nitrogens with two attached hydrogens (primary N) is 1. The molecule has 0 amide bonds. The van der Waals surface area contributed by atoms with Gasteiger partial charge in [0, 0.05) is 10.4 Å². The molecule has 2 nitrogen and oxygen atoms in total. The Balaban J connectivity index is 2.68. The first-order chi connectivity index (χ1) is 9.10. The molecule has 2 rings (SSSR count). The Hall–Kier alpha value is -1.86. The molecule has 2 aromatic rings. The summed E-state index contributed by atoms with van der Waals surface area (Å²) in [6.07, 6.45) is 1.67. The molecule has 1 heterocycles. The molecule has 0 fully saturated rings. The van der Waals surface area contributed by atoms with Gasteiger partial charge < -0.3 is 5.73 Å². The van der Waals surface area contributed by atoms with Crippen LogP contribution in [0.25, 0.3) is 10.4 Å². The van der Waals surface area contributed by atoms with Gasteiger partial charge >= 0.3 is 0 Å². The van der Waals surface area contributed by atoms with Crippen LogP contribution in [-0.4, -0.2) is 0 Å². The number of thiophene rings is 1. The zero-order chi connectivity index (χ0) is 14.0. The fraction of sp³-hybridized carbons (Fsp3) is 0.267. The number of benzene rings is 1. The van der Waals surface area contributed by atoms with Crippen LogP contribution in [0.3, 0.4) is 0 Å². The van der Waals surface area contributed by atoms with Gasteiger partial charge in [-0.3, -0.25) is 0 Å². The molecular weight excluding hydrogens is 259 g/mol. The Bertz CT molecular complexity index is 653. The summed E-state index contributed by atoms with van der Waals surface area (Å²) < 4.78 is 14.2. The molecule has 1 aromatic heterocycles. The summed E-state index contributed by atoms with van der Waals surface area (Å²) in [5, 5.41) is 9.08. The molecule has 4 heteroatoms. The zero-order valence-corrected chi connectivity index (χ0v) is 11.8. The highest BCUT2D eigenvalue weighted by molar-refractivity contribution is 7.16. The second-order valence-electron chi connectivity index (χ2n) is 4.45. The SMILES string of the molecule is CCCc1c(-c2cccc(C)c2F)sc(C#N)c1N. The molecule has 0 aliphatic rings. The Kier molecular flexibility index (Phi) is 3.87. The van der Waals surface area contributed by atoms with Gasteiger partial charge in [0.05, 0.1) is 5.69 Å². The van der Waals surface area contributed by atoms with E-state index in [1.54, 1.807) is 19.1 Å². The Morgan fingerprint density at radius 3 is 2.79 bits per heavy atom. The minimum Gasteiger partial charge on any atom is -0.397 e. The molecule has 0 bridgehead atoms. The van der Waals surface area contributed by atoms with E-state index in [1.165, 1.54) is 11.3 Å². The van der Waals surface area contributed by atoms with Crippen LogP contribution in [0.15, 0.2) is 18.2 Å². The van der Waals surface area contributed by atoms with Crippen LogP contribution in [0.4, 0.5) is 10.1 Å². The summed E-state index contributed by atoms with van der Waals surface area (Å²) >= 11 is 1.28. The Morgan fingerprint density at radius 1 is 1.42 bits per heavy atom. The lowest BCUT2D eigenvalue weighted by molar-refractivity contribution is 0.622.